The number of ether oxygens (including phenoxy) is 1. The van der Waals surface area contributed by atoms with Gasteiger partial charge in [-0.15, -0.1) is 0 Å². The van der Waals surface area contributed by atoms with E-state index < -0.39 is 45.8 Å². The number of nitrogens with one attached hydrogen (secondary N) is 1. The number of sulfonamides is 1. The first kappa shape index (κ1) is 35.7. The smallest absolute Gasteiger partial charge is 0.264 e. The Bertz CT molecular complexity index is 1780. The summed E-state index contributed by atoms with van der Waals surface area (Å²) >= 11 is 13.1. The van der Waals surface area contributed by atoms with Gasteiger partial charge in [-0.25, -0.2) is 12.8 Å². The van der Waals surface area contributed by atoms with Crippen molar-refractivity contribution in [2.45, 2.75) is 50.2 Å². The molecule has 0 fully saturated rings. The second-order valence-electron chi connectivity index (χ2n) is 11.8. The Morgan fingerprint density at radius 3 is 2.02 bits per heavy atom. The maximum Gasteiger partial charge on any atom is 0.264 e. The molecule has 248 valence electrons. The molecule has 0 saturated carbocycles. The van der Waals surface area contributed by atoms with Gasteiger partial charge in [0.1, 0.15) is 24.2 Å². The number of benzene rings is 4. The van der Waals surface area contributed by atoms with Crippen LogP contribution in [0.1, 0.15) is 31.9 Å². The predicted molar refractivity (Wildman–Crippen MR) is 183 cm³/mol. The van der Waals surface area contributed by atoms with Crippen LogP contribution in [0, 0.1) is 5.82 Å². The lowest BCUT2D eigenvalue weighted by molar-refractivity contribution is -0.140. The van der Waals surface area contributed by atoms with Gasteiger partial charge in [0.2, 0.25) is 11.8 Å². The Hall–Kier alpha value is -4.12. The summed E-state index contributed by atoms with van der Waals surface area (Å²) in [6.07, 6.45) is 0.109. The topological polar surface area (TPSA) is 96.0 Å². The second kappa shape index (κ2) is 15.2. The largest absolute Gasteiger partial charge is 0.497 e. The standard InChI is InChI=1S/C35H36Cl2FN3O5S/c1-35(2,3)39-34(43)32(21-24-9-6-5-7-10-24)40(22-29-30(36)11-8-12-31(29)37)33(42)23-41(26-15-13-25(38)14-16-26)47(44,45)28-19-17-27(46-4)18-20-28/h5-20,32H,21-23H2,1-4H3,(H,39,43). The highest BCUT2D eigenvalue weighted by Crippen LogP contribution is 2.29. The molecule has 4 rings (SSSR count). The number of halogens is 3. The van der Waals surface area contributed by atoms with Gasteiger partial charge in [0, 0.05) is 34.1 Å². The van der Waals surface area contributed by atoms with Crippen LogP contribution in [0.25, 0.3) is 0 Å². The van der Waals surface area contributed by atoms with Crippen molar-refractivity contribution in [3.8, 4) is 5.75 Å². The van der Waals surface area contributed by atoms with E-state index >= 15 is 0 Å². The van der Waals surface area contributed by atoms with Crippen LogP contribution in [-0.2, 0) is 32.6 Å². The Balaban J connectivity index is 1.85. The van der Waals surface area contributed by atoms with Crippen LogP contribution in [-0.4, -0.2) is 50.4 Å². The summed E-state index contributed by atoms with van der Waals surface area (Å²) in [5.74, 6) is -1.32. The first-order valence-corrected chi connectivity index (χ1v) is 16.9. The van der Waals surface area contributed by atoms with E-state index in [0.29, 0.717) is 11.3 Å². The molecule has 8 nitrogen and oxygen atoms in total. The summed E-state index contributed by atoms with van der Waals surface area (Å²) in [5.41, 5.74) is 0.550. The summed E-state index contributed by atoms with van der Waals surface area (Å²) in [6, 6.07) is 23.4. The molecule has 1 unspecified atom stereocenters. The third kappa shape index (κ3) is 9.24. The van der Waals surface area contributed by atoms with Gasteiger partial charge in [-0.2, -0.15) is 0 Å². The Labute approximate surface area is 285 Å². The minimum Gasteiger partial charge on any atom is -0.497 e. The van der Waals surface area contributed by atoms with Crippen molar-refractivity contribution in [3.63, 3.8) is 0 Å². The number of hydrogen-bond acceptors (Lipinski definition) is 5. The zero-order valence-electron chi connectivity index (χ0n) is 26.4. The molecule has 4 aromatic rings. The van der Waals surface area contributed by atoms with Crippen molar-refractivity contribution in [1.29, 1.82) is 0 Å². The van der Waals surface area contributed by atoms with Crippen molar-refractivity contribution in [1.82, 2.24) is 10.2 Å². The number of carbonyl (C=O) groups excluding carboxylic acids is 2. The zero-order chi connectivity index (χ0) is 34.4. The number of nitrogens with zero attached hydrogens (tertiary/aromatic N) is 2. The van der Waals surface area contributed by atoms with E-state index in [1.54, 1.807) is 18.2 Å². The third-order valence-corrected chi connectivity index (χ3v) is 9.70. The van der Waals surface area contributed by atoms with Crippen molar-refractivity contribution in [2.75, 3.05) is 18.0 Å². The van der Waals surface area contributed by atoms with Gasteiger partial charge in [0.25, 0.3) is 10.0 Å². The number of carbonyl (C=O) groups is 2. The normalized spacial score (nSPS) is 12.2. The van der Waals surface area contributed by atoms with Crippen LogP contribution in [0.4, 0.5) is 10.1 Å². The van der Waals surface area contributed by atoms with Crippen LogP contribution in [0.3, 0.4) is 0 Å². The van der Waals surface area contributed by atoms with Crippen LogP contribution in [0.5, 0.6) is 5.75 Å². The molecule has 0 saturated heterocycles. The summed E-state index contributed by atoms with van der Waals surface area (Å²) in [6.45, 7) is 4.53. The lowest BCUT2D eigenvalue weighted by Crippen LogP contribution is -2.56. The summed E-state index contributed by atoms with van der Waals surface area (Å²) in [4.78, 5) is 29.7. The van der Waals surface area contributed by atoms with Gasteiger partial charge in [-0.05, 0) is 87.0 Å². The van der Waals surface area contributed by atoms with E-state index in [2.05, 4.69) is 5.32 Å². The van der Waals surface area contributed by atoms with Gasteiger partial charge in [-0.1, -0.05) is 59.6 Å². The fourth-order valence-corrected chi connectivity index (χ4v) is 6.80. The molecular formula is C35H36Cl2FN3O5S. The molecule has 1 atom stereocenters. The Morgan fingerprint density at radius 1 is 0.872 bits per heavy atom. The SMILES string of the molecule is COc1ccc(S(=O)(=O)N(CC(=O)N(Cc2c(Cl)cccc2Cl)C(Cc2ccccc2)C(=O)NC(C)(C)C)c2ccc(F)cc2)cc1. The molecular weight excluding hydrogens is 664 g/mol. The van der Waals surface area contributed by atoms with Crippen molar-refractivity contribution in [3.05, 3.63) is 124 Å². The molecule has 0 bridgehead atoms. The molecule has 0 aromatic heterocycles. The minimum atomic E-state index is -4.39. The average molecular weight is 701 g/mol. The van der Waals surface area contributed by atoms with E-state index in [-0.39, 0.29) is 33.6 Å². The molecule has 47 heavy (non-hydrogen) atoms. The highest BCUT2D eigenvalue weighted by atomic mass is 35.5. The van der Waals surface area contributed by atoms with E-state index in [4.69, 9.17) is 27.9 Å². The summed E-state index contributed by atoms with van der Waals surface area (Å²) < 4.78 is 48.3. The van der Waals surface area contributed by atoms with Gasteiger partial charge in [0.15, 0.2) is 0 Å². The third-order valence-electron chi connectivity index (χ3n) is 7.20. The Kier molecular flexibility index (Phi) is 11.5. The number of anilines is 1. The molecule has 0 heterocycles. The highest BCUT2D eigenvalue weighted by molar-refractivity contribution is 7.92. The van der Waals surface area contributed by atoms with E-state index in [1.807, 2.05) is 51.1 Å². The van der Waals surface area contributed by atoms with Crippen molar-refractivity contribution in [2.24, 2.45) is 0 Å². The van der Waals surface area contributed by atoms with E-state index in [1.165, 1.54) is 48.4 Å². The number of rotatable bonds is 12. The first-order chi connectivity index (χ1) is 22.2. The molecule has 1 N–H and O–H groups in total. The molecule has 0 aliphatic rings. The molecule has 0 radical (unpaired) electrons. The molecule has 2 amide bonds. The van der Waals surface area contributed by atoms with Crippen LogP contribution >= 0.6 is 23.2 Å². The Morgan fingerprint density at radius 2 is 1.47 bits per heavy atom. The monoisotopic (exact) mass is 699 g/mol. The lowest BCUT2D eigenvalue weighted by atomic mass is 10.0. The molecule has 0 spiro atoms. The molecule has 12 heteroatoms. The number of hydrogen-bond donors (Lipinski definition) is 1. The fourth-order valence-electron chi connectivity index (χ4n) is 4.87. The number of amides is 2. The molecule has 0 aliphatic heterocycles. The summed E-state index contributed by atoms with van der Waals surface area (Å²) in [5, 5.41) is 3.50. The first-order valence-electron chi connectivity index (χ1n) is 14.7. The van der Waals surface area contributed by atoms with Gasteiger partial charge in [-0.3, -0.25) is 13.9 Å². The maximum absolute atomic E-state index is 14.6. The quantitative estimate of drug-likeness (QED) is 0.174. The zero-order valence-corrected chi connectivity index (χ0v) is 28.7. The fraction of sp³-hybridized carbons (Fsp3) is 0.257. The molecule has 0 aliphatic carbocycles. The lowest BCUT2D eigenvalue weighted by Gasteiger charge is -2.35. The van der Waals surface area contributed by atoms with Crippen molar-refractivity contribution < 1.29 is 27.1 Å². The van der Waals surface area contributed by atoms with Crippen LogP contribution in [0.2, 0.25) is 10.0 Å². The summed E-state index contributed by atoms with van der Waals surface area (Å²) in [7, 11) is -2.94. The predicted octanol–water partition coefficient (Wildman–Crippen LogP) is 6.89. The minimum absolute atomic E-state index is 0.0463. The molecule has 4 aromatic carbocycles. The highest BCUT2D eigenvalue weighted by Gasteiger charge is 2.36. The van der Waals surface area contributed by atoms with Crippen LogP contribution < -0.4 is 14.4 Å². The van der Waals surface area contributed by atoms with Gasteiger partial charge >= 0.3 is 0 Å². The van der Waals surface area contributed by atoms with Gasteiger partial charge < -0.3 is 15.0 Å². The maximum atomic E-state index is 14.6. The second-order valence-corrected chi connectivity index (χ2v) is 14.5. The van der Waals surface area contributed by atoms with Crippen molar-refractivity contribution >= 4 is 50.7 Å². The average Bonchev–Trinajstić information content (AvgIpc) is 3.02. The van der Waals surface area contributed by atoms with E-state index in [0.717, 1.165) is 22.0 Å². The van der Waals surface area contributed by atoms with Crippen LogP contribution in [0.15, 0.2) is 102 Å². The van der Waals surface area contributed by atoms with Gasteiger partial charge in [0.05, 0.1) is 17.7 Å². The van der Waals surface area contributed by atoms with E-state index in [9.17, 15) is 22.4 Å². The number of methoxy groups -OCH3 is 1.